The highest BCUT2D eigenvalue weighted by atomic mass is 16.5. The standard InChI is InChI=1S/C26H23N5O2.C22H23N5O.C21H21N5O.C20H16N6.C17H19N5O/c1-3-24(32)28-20-8-7-9-21(16-20)30-26-27-17-18(2)25(31-26)29-19-12-14-23(15-13-19)33-22-10-5-4-6-11-22;1-3-8-20(28)23-15-17-9-7-12-19(13-17)25-21-16(2)14-24-22(27-21)26-18-10-5-4-6-11-18;1-3-19(27)22-14-16-8-7-11-18(12-16)24-20-15(2)13-23-21(26-20)25-17-9-5-4-6-10-17;1-3-18-24-16-10-9-15(11-17(16)25-18)22-19-13(2)12-21-20(26-19)23-14-7-5-4-6-8-14;1-3-15(23)19-13-5-4-6-14(9-13)20-16-11(2)10-18-17(22-16)21-12-7-8-12/h3-17H,1H2,2H3,(H,28,32)(H2,27,29,30,31);3-14H,15H2,1-2H3,(H,23,28)(H2,24,25,26,27);3-13H,1,14H2,2H3,(H,22,27)(H2,23,24,25,26);1,4-12H,2H3,(H,24,25)(H2,21,22,23,26);3-6,9-10,12H,1,7-8H2,2H3,(H,19,23)(H2,18,20,21,22)/b;8-3+;;;. The molecule has 10 aromatic carbocycles. The Bertz CT molecular complexity index is 6920. The van der Waals surface area contributed by atoms with Crippen molar-refractivity contribution >= 4 is 156 Å². The largest absolute Gasteiger partial charge is 0.457 e. The number of amides is 4. The number of allylic oxidation sites excluding steroid dienone is 1. The first kappa shape index (κ1) is 95.8. The normalized spacial score (nSPS) is 10.8. The highest BCUT2D eigenvalue weighted by molar-refractivity contribution is 6.00. The van der Waals surface area contributed by atoms with E-state index < -0.39 is 0 Å². The number of anilines is 21. The predicted molar refractivity (Wildman–Crippen MR) is 548 cm³/mol. The zero-order chi connectivity index (χ0) is 96.0. The van der Waals surface area contributed by atoms with Crippen molar-refractivity contribution in [3.8, 4) is 23.8 Å². The van der Waals surface area contributed by atoms with Crippen LogP contribution in [0.4, 0.5) is 121 Å². The van der Waals surface area contributed by atoms with Crippen molar-refractivity contribution in [2.45, 2.75) is 73.5 Å². The van der Waals surface area contributed by atoms with Gasteiger partial charge in [0.2, 0.25) is 53.4 Å². The predicted octanol–water partition coefficient (Wildman–Crippen LogP) is 22.1. The van der Waals surface area contributed by atoms with Gasteiger partial charge in [0, 0.05) is 140 Å². The molecule has 0 bridgehead atoms. The van der Waals surface area contributed by atoms with E-state index in [1.54, 1.807) is 49.2 Å². The minimum Gasteiger partial charge on any atom is -0.457 e. The number of terminal acetylenes is 1. The summed E-state index contributed by atoms with van der Waals surface area (Å²) in [6, 6.07) is 83.3. The number of aromatic amines is 1. The Morgan fingerprint density at radius 1 is 0.365 bits per heavy atom. The number of fused-ring (bicyclic) bond motifs is 1. The van der Waals surface area contributed by atoms with Gasteiger partial charge in [-0.2, -0.15) is 24.9 Å². The molecule has 0 radical (unpaired) electrons. The summed E-state index contributed by atoms with van der Waals surface area (Å²) in [4.78, 5) is 97.7. The van der Waals surface area contributed by atoms with Gasteiger partial charge in [0.25, 0.3) is 0 Å². The van der Waals surface area contributed by atoms with E-state index >= 15 is 0 Å². The number of aromatic nitrogens is 12. The molecular formula is C106H102N26O5. The Kier molecular flexibility index (Phi) is 34.1. The van der Waals surface area contributed by atoms with Gasteiger partial charge in [-0.25, -0.2) is 29.9 Å². The van der Waals surface area contributed by atoms with Gasteiger partial charge in [-0.1, -0.05) is 135 Å². The van der Waals surface area contributed by atoms with Crippen LogP contribution in [0.1, 0.15) is 64.5 Å². The second-order valence-corrected chi connectivity index (χ2v) is 30.8. The smallest absolute Gasteiger partial charge is 0.247 e. The minimum atomic E-state index is -0.273. The third-order valence-electron chi connectivity index (χ3n) is 19.8. The van der Waals surface area contributed by atoms with Crippen molar-refractivity contribution in [1.29, 1.82) is 0 Å². The number of hydrogen-bond donors (Lipinski definition) is 15. The quantitative estimate of drug-likeness (QED) is 0.0137. The molecule has 0 atom stereocenters. The van der Waals surface area contributed by atoms with Crippen LogP contribution in [0, 0.1) is 47.0 Å². The lowest BCUT2D eigenvalue weighted by molar-refractivity contribution is -0.117. The summed E-state index contributed by atoms with van der Waals surface area (Å²) >= 11 is 0. The number of para-hydroxylation sites is 4. The number of imidazole rings is 1. The van der Waals surface area contributed by atoms with Crippen molar-refractivity contribution in [3.05, 3.63) is 387 Å². The number of nitrogens with one attached hydrogen (secondary N) is 15. The van der Waals surface area contributed by atoms with Crippen LogP contribution in [0.5, 0.6) is 11.5 Å². The van der Waals surface area contributed by atoms with Crippen LogP contribution in [0.2, 0.25) is 0 Å². The molecule has 686 valence electrons. The minimum absolute atomic E-state index is 0.107. The molecule has 1 fully saturated rings. The van der Waals surface area contributed by atoms with E-state index in [4.69, 9.17) is 11.2 Å². The summed E-state index contributed by atoms with van der Waals surface area (Å²) in [6.07, 6.45) is 23.6. The fraction of sp³-hybridized carbons (Fsp3) is 0.104. The van der Waals surface area contributed by atoms with Crippen LogP contribution in [0.3, 0.4) is 0 Å². The maximum Gasteiger partial charge on any atom is 0.247 e. The van der Waals surface area contributed by atoms with Crippen LogP contribution in [0.25, 0.3) is 11.0 Å². The maximum atomic E-state index is 11.6. The number of H-pyrrole nitrogens is 1. The Labute approximate surface area is 793 Å². The number of carbonyl (C=O) groups is 4. The van der Waals surface area contributed by atoms with Gasteiger partial charge in [-0.3, -0.25) is 19.2 Å². The monoisotopic (exact) mass is 1820 g/mol. The van der Waals surface area contributed by atoms with Crippen LogP contribution in [-0.2, 0) is 32.3 Å². The summed E-state index contributed by atoms with van der Waals surface area (Å²) in [5.74, 6) is 9.98. The van der Waals surface area contributed by atoms with Gasteiger partial charge in [0.15, 0.2) is 5.82 Å². The van der Waals surface area contributed by atoms with E-state index in [0.717, 1.165) is 136 Å². The van der Waals surface area contributed by atoms with Gasteiger partial charge in [-0.05, 0) is 247 Å². The van der Waals surface area contributed by atoms with Crippen molar-refractivity contribution in [3.63, 3.8) is 0 Å². The van der Waals surface area contributed by atoms with Gasteiger partial charge in [0.1, 0.15) is 40.6 Å². The average Bonchev–Trinajstić information content (AvgIpc) is 1.70. The van der Waals surface area contributed by atoms with E-state index in [0.29, 0.717) is 71.9 Å². The molecule has 15 N–H and O–H groups in total. The lowest BCUT2D eigenvalue weighted by Crippen LogP contribution is -2.20. The molecule has 0 spiro atoms. The Balaban J connectivity index is 0.000000145. The molecule has 16 aromatic rings. The van der Waals surface area contributed by atoms with Gasteiger partial charge >= 0.3 is 0 Å². The number of hydrogen-bond acceptors (Lipinski definition) is 26. The molecule has 6 aromatic heterocycles. The Morgan fingerprint density at radius 2 is 0.693 bits per heavy atom. The van der Waals surface area contributed by atoms with Crippen molar-refractivity contribution in [2.24, 2.45) is 0 Å². The summed E-state index contributed by atoms with van der Waals surface area (Å²) in [5, 5.41) is 43.7. The molecular weight excluding hydrogens is 1720 g/mol. The van der Waals surface area contributed by atoms with Crippen LogP contribution < -0.4 is 79.2 Å². The lowest BCUT2D eigenvalue weighted by Gasteiger charge is -2.12. The second kappa shape index (κ2) is 48.8. The molecule has 0 saturated heterocycles. The van der Waals surface area contributed by atoms with Gasteiger partial charge in [0.05, 0.1) is 11.0 Å². The van der Waals surface area contributed by atoms with E-state index in [9.17, 15) is 19.2 Å². The molecule has 6 heterocycles. The molecule has 4 amide bonds. The highest BCUT2D eigenvalue weighted by Crippen LogP contribution is 2.32. The van der Waals surface area contributed by atoms with Crippen LogP contribution in [0.15, 0.2) is 342 Å². The topological polar surface area (TPSA) is 404 Å². The zero-order valence-corrected chi connectivity index (χ0v) is 76.2. The molecule has 0 aliphatic heterocycles. The fourth-order valence-electron chi connectivity index (χ4n) is 12.6. The zero-order valence-electron chi connectivity index (χ0n) is 76.2. The van der Waals surface area contributed by atoms with E-state index in [1.807, 2.05) is 290 Å². The summed E-state index contributed by atoms with van der Waals surface area (Å²) < 4.78 is 5.84. The van der Waals surface area contributed by atoms with Crippen LogP contribution in [-0.4, -0.2) is 89.5 Å². The third kappa shape index (κ3) is 30.7. The molecule has 137 heavy (non-hydrogen) atoms. The molecule has 1 saturated carbocycles. The molecule has 31 heteroatoms. The first-order valence-corrected chi connectivity index (χ1v) is 43.6. The first-order chi connectivity index (χ1) is 66.7. The molecule has 0 unspecified atom stereocenters. The fourth-order valence-corrected chi connectivity index (χ4v) is 12.6. The number of rotatable bonds is 32. The molecule has 31 nitrogen and oxygen atoms in total. The molecule has 17 rings (SSSR count). The number of nitrogens with zero attached hydrogens (tertiary/aromatic N) is 11. The number of aryl methyl sites for hydroxylation is 5. The van der Waals surface area contributed by atoms with Crippen molar-refractivity contribution in [1.82, 2.24) is 70.4 Å². The third-order valence-corrected chi connectivity index (χ3v) is 19.8. The van der Waals surface area contributed by atoms with Crippen molar-refractivity contribution in [2.75, 3.05) is 63.8 Å². The van der Waals surface area contributed by atoms with E-state index in [-0.39, 0.29) is 23.6 Å². The van der Waals surface area contributed by atoms with Crippen LogP contribution >= 0.6 is 0 Å². The lowest BCUT2D eigenvalue weighted by atomic mass is 10.2. The SMILES string of the molecule is C#Cc1nc2ccc(Nc3nc(Nc4ccccc4)ncc3C)cc2[nH]1.C/C=C/C(=O)NCc1cccc(Nc2nc(Nc3ccccc3)ncc2C)c1.C=CC(=O)NCc1cccc(Nc2nc(Nc3ccccc3)ncc2C)c1.C=CC(=O)Nc1cccc(Nc2nc(NC3CC3)ncc2C)c1.C=CC(=O)Nc1cccc(Nc2ncc(C)c(Nc3ccc(Oc4ccccc4)cc3)n2)c1. The molecule has 1 aliphatic carbocycles. The maximum absolute atomic E-state index is 11.6. The van der Waals surface area contributed by atoms with Gasteiger partial charge in [-0.15, -0.1) is 6.42 Å². The number of carbonyl (C=O) groups excluding carboxylic acids is 4. The van der Waals surface area contributed by atoms with E-state index in [1.165, 1.54) is 37.1 Å². The van der Waals surface area contributed by atoms with E-state index in [2.05, 4.69) is 160 Å². The molecule has 1 aliphatic rings. The van der Waals surface area contributed by atoms with Gasteiger partial charge < -0.3 is 84.2 Å². The first-order valence-electron chi connectivity index (χ1n) is 43.6. The Hall–Kier alpha value is -18.7. The summed E-state index contributed by atoms with van der Waals surface area (Å²) in [5.41, 5.74) is 17.6. The summed E-state index contributed by atoms with van der Waals surface area (Å²) in [6.45, 7) is 22.8. The summed E-state index contributed by atoms with van der Waals surface area (Å²) in [7, 11) is 0. The number of benzene rings is 10. The highest BCUT2D eigenvalue weighted by Gasteiger charge is 2.23. The number of ether oxygens (including phenoxy) is 1. The second-order valence-electron chi connectivity index (χ2n) is 30.8. The Morgan fingerprint density at radius 3 is 1.10 bits per heavy atom. The van der Waals surface area contributed by atoms with Crippen molar-refractivity contribution < 1.29 is 23.9 Å². The average molecular weight is 1820 g/mol.